The highest BCUT2D eigenvalue weighted by molar-refractivity contribution is 4.97. The number of hydrogen-bond acceptors (Lipinski definition) is 0. The highest BCUT2D eigenvalue weighted by atomic mass is 14.5. The molecule has 0 N–H and O–H groups in total. The Balaban J connectivity index is 1.34. The SMILES string of the molecule is CCC1CC1CC1CC1CC1CC1C. The van der Waals surface area contributed by atoms with Crippen LogP contribution in [-0.2, 0) is 0 Å². The minimum atomic E-state index is 1.08. The summed E-state index contributed by atoms with van der Waals surface area (Å²) in [6.07, 6.45) is 9.35. The van der Waals surface area contributed by atoms with Gasteiger partial charge in [-0.25, -0.2) is 0 Å². The van der Waals surface area contributed by atoms with Crippen LogP contribution in [0.25, 0.3) is 0 Å². The molecule has 3 fully saturated rings. The van der Waals surface area contributed by atoms with Gasteiger partial charge in [0.15, 0.2) is 0 Å². The zero-order valence-electron chi connectivity index (χ0n) is 9.71. The zero-order valence-corrected chi connectivity index (χ0v) is 9.71. The normalized spacial score (nSPS) is 54.4. The van der Waals surface area contributed by atoms with Gasteiger partial charge in [0.2, 0.25) is 0 Å². The second-order valence-corrected chi connectivity index (χ2v) is 6.36. The van der Waals surface area contributed by atoms with Gasteiger partial charge < -0.3 is 0 Å². The zero-order chi connectivity index (χ0) is 9.71. The van der Waals surface area contributed by atoms with E-state index in [0.717, 1.165) is 23.7 Å². The van der Waals surface area contributed by atoms with Crippen molar-refractivity contribution >= 4 is 0 Å². The van der Waals surface area contributed by atoms with Crippen LogP contribution in [0.3, 0.4) is 0 Å². The van der Waals surface area contributed by atoms with E-state index in [4.69, 9.17) is 0 Å². The first-order valence-corrected chi connectivity index (χ1v) is 6.78. The predicted molar refractivity (Wildman–Crippen MR) is 60.0 cm³/mol. The van der Waals surface area contributed by atoms with E-state index in [1.807, 2.05) is 0 Å². The monoisotopic (exact) mass is 192 g/mol. The smallest absolute Gasteiger partial charge is 0.0380 e. The van der Waals surface area contributed by atoms with Crippen molar-refractivity contribution in [3.63, 3.8) is 0 Å². The lowest BCUT2D eigenvalue weighted by Gasteiger charge is -1.98. The molecule has 80 valence electrons. The topological polar surface area (TPSA) is 0 Å². The Morgan fingerprint density at radius 3 is 1.79 bits per heavy atom. The second kappa shape index (κ2) is 3.25. The van der Waals surface area contributed by atoms with Gasteiger partial charge in [0.05, 0.1) is 0 Å². The molecular weight excluding hydrogens is 168 g/mol. The lowest BCUT2D eigenvalue weighted by molar-refractivity contribution is 0.515. The van der Waals surface area contributed by atoms with Crippen LogP contribution in [0.15, 0.2) is 0 Å². The third-order valence-electron chi connectivity index (χ3n) is 5.15. The molecule has 0 aliphatic heterocycles. The molecular formula is C14H24. The third kappa shape index (κ3) is 1.85. The van der Waals surface area contributed by atoms with Crippen LogP contribution in [0.2, 0.25) is 0 Å². The quantitative estimate of drug-likeness (QED) is 0.615. The standard InChI is InChI=1S/C14H24/c1-3-10-5-12(10)7-14-8-13(14)6-11-4-9(11)2/h9-14H,3-8H2,1-2H3. The minimum absolute atomic E-state index is 1.08. The molecule has 0 nitrogen and oxygen atoms in total. The van der Waals surface area contributed by atoms with E-state index >= 15 is 0 Å². The average Bonchev–Trinajstić information content (AvgIpc) is 3.01. The molecule has 0 heteroatoms. The van der Waals surface area contributed by atoms with Gasteiger partial charge in [-0.05, 0) is 67.6 Å². The van der Waals surface area contributed by atoms with Gasteiger partial charge in [0.1, 0.15) is 0 Å². The van der Waals surface area contributed by atoms with Crippen molar-refractivity contribution in [1.29, 1.82) is 0 Å². The maximum absolute atomic E-state index is 2.43. The molecule has 3 aliphatic rings. The van der Waals surface area contributed by atoms with Crippen LogP contribution < -0.4 is 0 Å². The van der Waals surface area contributed by atoms with E-state index < -0.39 is 0 Å². The summed E-state index contributed by atoms with van der Waals surface area (Å²) >= 11 is 0. The Bertz CT molecular complexity index is 220. The lowest BCUT2D eigenvalue weighted by Crippen LogP contribution is -1.89. The van der Waals surface area contributed by atoms with E-state index in [0.29, 0.717) is 0 Å². The first-order valence-electron chi connectivity index (χ1n) is 6.78. The summed E-state index contributed by atoms with van der Waals surface area (Å²) in [5, 5.41) is 0. The van der Waals surface area contributed by atoms with E-state index in [9.17, 15) is 0 Å². The molecule has 3 rings (SSSR count). The van der Waals surface area contributed by atoms with E-state index in [2.05, 4.69) is 13.8 Å². The molecule has 0 heterocycles. The second-order valence-electron chi connectivity index (χ2n) is 6.36. The summed E-state index contributed by atoms with van der Waals surface area (Å²) in [5.74, 6) is 6.86. The van der Waals surface area contributed by atoms with Crippen LogP contribution in [0.5, 0.6) is 0 Å². The lowest BCUT2D eigenvalue weighted by atomic mass is 10.1. The van der Waals surface area contributed by atoms with Gasteiger partial charge in [-0.1, -0.05) is 20.3 Å². The van der Waals surface area contributed by atoms with Gasteiger partial charge in [0.25, 0.3) is 0 Å². The molecule has 0 aromatic rings. The summed E-state index contributed by atoms with van der Waals surface area (Å²) < 4.78 is 0. The molecule has 14 heavy (non-hydrogen) atoms. The first kappa shape index (κ1) is 9.24. The van der Waals surface area contributed by atoms with E-state index in [1.54, 1.807) is 32.1 Å². The maximum atomic E-state index is 2.43. The van der Waals surface area contributed by atoms with Gasteiger partial charge in [-0.15, -0.1) is 0 Å². The number of rotatable bonds is 5. The van der Waals surface area contributed by atoms with Crippen LogP contribution >= 0.6 is 0 Å². The van der Waals surface area contributed by atoms with Crippen molar-refractivity contribution in [1.82, 2.24) is 0 Å². The molecule has 6 atom stereocenters. The van der Waals surface area contributed by atoms with E-state index in [1.165, 1.54) is 18.3 Å². The molecule has 0 radical (unpaired) electrons. The molecule has 0 amide bonds. The summed E-state index contributed by atoms with van der Waals surface area (Å²) in [5.41, 5.74) is 0. The van der Waals surface area contributed by atoms with Crippen molar-refractivity contribution in [3.05, 3.63) is 0 Å². The minimum Gasteiger partial charge on any atom is -0.0651 e. The van der Waals surface area contributed by atoms with Crippen LogP contribution in [-0.4, -0.2) is 0 Å². The van der Waals surface area contributed by atoms with Gasteiger partial charge in [-0.3, -0.25) is 0 Å². The fourth-order valence-electron chi connectivity index (χ4n) is 3.49. The summed E-state index contributed by atoms with van der Waals surface area (Å²) in [7, 11) is 0. The average molecular weight is 192 g/mol. The van der Waals surface area contributed by atoms with Crippen molar-refractivity contribution < 1.29 is 0 Å². The highest BCUT2D eigenvalue weighted by Gasteiger charge is 2.47. The Hall–Kier alpha value is 0. The maximum Gasteiger partial charge on any atom is -0.0380 e. The Kier molecular flexibility index (Phi) is 2.15. The largest absolute Gasteiger partial charge is 0.0651 e. The van der Waals surface area contributed by atoms with Gasteiger partial charge in [0, 0.05) is 0 Å². The molecule has 3 aliphatic carbocycles. The highest BCUT2D eigenvalue weighted by Crippen LogP contribution is 2.57. The van der Waals surface area contributed by atoms with Crippen molar-refractivity contribution in [3.8, 4) is 0 Å². The van der Waals surface area contributed by atoms with Crippen LogP contribution in [0.4, 0.5) is 0 Å². The predicted octanol–water partition coefficient (Wildman–Crippen LogP) is 4.10. The van der Waals surface area contributed by atoms with Crippen molar-refractivity contribution in [2.45, 2.75) is 52.4 Å². The van der Waals surface area contributed by atoms with E-state index in [-0.39, 0.29) is 0 Å². The first-order chi connectivity index (χ1) is 6.78. The van der Waals surface area contributed by atoms with Gasteiger partial charge in [-0.2, -0.15) is 0 Å². The summed E-state index contributed by atoms with van der Waals surface area (Å²) in [4.78, 5) is 0. The fourth-order valence-corrected chi connectivity index (χ4v) is 3.49. The molecule has 6 unspecified atom stereocenters. The molecule has 0 saturated heterocycles. The van der Waals surface area contributed by atoms with Crippen molar-refractivity contribution in [2.75, 3.05) is 0 Å². The number of hydrogen-bond donors (Lipinski definition) is 0. The van der Waals surface area contributed by atoms with Crippen LogP contribution in [0.1, 0.15) is 52.4 Å². The Morgan fingerprint density at radius 2 is 1.29 bits per heavy atom. The van der Waals surface area contributed by atoms with Gasteiger partial charge >= 0.3 is 0 Å². The fraction of sp³-hybridized carbons (Fsp3) is 1.00. The molecule has 0 bridgehead atoms. The van der Waals surface area contributed by atoms with Crippen molar-refractivity contribution in [2.24, 2.45) is 35.5 Å². The summed E-state index contributed by atoms with van der Waals surface area (Å²) in [6.45, 7) is 4.79. The molecule has 3 saturated carbocycles. The molecule has 0 spiro atoms. The Labute approximate surface area is 88.5 Å². The van der Waals surface area contributed by atoms with Crippen LogP contribution in [0, 0.1) is 35.5 Å². The summed E-state index contributed by atoms with van der Waals surface area (Å²) in [6, 6.07) is 0. The molecule has 0 aromatic carbocycles. The molecule has 0 aromatic heterocycles. The third-order valence-corrected chi connectivity index (χ3v) is 5.15. The Morgan fingerprint density at radius 1 is 0.786 bits per heavy atom.